The van der Waals surface area contributed by atoms with Gasteiger partial charge in [0.1, 0.15) is 0 Å². The fraction of sp³-hybridized carbons (Fsp3) is 0.846. The highest BCUT2D eigenvalue weighted by atomic mass is 16.5. The zero-order valence-corrected chi connectivity index (χ0v) is 11.3. The van der Waals surface area contributed by atoms with Crippen LogP contribution in [0.1, 0.15) is 33.1 Å². The molecule has 5 heteroatoms. The highest BCUT2D eigenvalue weighted by molar-refractivity contribution is 5.76. The van der Waals surface area contributed by atoms with Gasteiger partial charge in [0.05, 0.1) is 19.2 Å². The average molecular weight is 253 g/mol. The maximum atomic E-state index is 12.0. The first-order valence-electron chi connectivity index (χ1n) is 6.47. The molecule has 0 saturated carbocycles. The zero-order chi connectivity index (χ0) is 13.6. The minimum absolute atomic E-state index is 0.103. The Labute approximate surface area is 109 Å². The van der Waals surface area contributed by atoms with E-state index in [9.17, 15) is 4.79 Å². The van der Waals surface area contributed by atoms with Crippen molar-refractivity contribution in [3.63, 3.8) is 0 Å². The highest BCUT2D eigenvalue weighted by Gasteiger charge is 2.25. The lowest BCUT2D eigenvalue weighted by Gasteiger charge is -2.31. The Morgan fingerprint density at radius 3 is 2.89 bits per heavy atom. The monoisotopic (exact) mass is 253 g/mol. The standard InChI is InChI=1S/C13H23N3O2/c1-13(2,5-6-14)4-3-12(17)16-7-8-18-11(9-15)10-16/h11H,3-8,10,14H2,1-2H3. The Hall–Kier alpha value is -1.12. The first kappa shape index (κ1) is 14.9. The van der Waals surface area contributed by atoms with E-state index >= 15 is 0 Å². The van der Waals surface area contributed by atoms with E-state index in [0.29, 0.717) is 32.7 Å². The van der Waals surface area contributed by atoms with Gasteiger partial charge in [-0.1, -0.05) is 13.8 Å². The summed E-state index contributed by atoms with van der Waals surface area (Å²) >= 11 is 0. The van der Waals surface area contributed by atoms with Gasteiger partial charge >= 0.3 is 0 Å². The van der Waals surface area contributed by atoms with Crippen LogP contribution in [0.2, 0.25) is 0 Å². The largest absolute Gasteiger partial charge is 0.360 e. The number of nitrogens with two attached hydrogens (primary N) is 1. The van der Waals surface area contributed by atoms with Crippen LogP contribution in [0.4, 0.5) is 0 Å². The molecule has 1 fully saturated rings. The number of nitrogens with zero attached hydrogens (tertiary/aromatic N) is 2. The molecule has 0 radical (unpaired) electrons. The fourth-order valence-electron chi connectivity index (χ4n) is 2.07. The fourth-order valence-corrected chi connectivity index (χ4v) is 2.07. The number of morpholine rings is 1. The van der Waals surface area contributed by atoms with E-state index in [4.69, 9.17) is 15.7 Å². The summed E-state index contributed by atoms with van der Waals surface area (Å²) in [7, 11) is 0. The van der Waals surface area contributed by atoms with Gasteiger partial charge in [0.25, 0.3) is 0 Å². The van der Waals surface area contributed by atoms with Gasteiger partial charge in [-0.15, -0.1) is 0 Å². The van der Waals surface area contributed by atoms with Gasteiger partial charge in [-0.05, 0) is 24.8 Å². The Bertz CT molecular complexity index is 323. The van der Waals surface area contributed by atoms with Gasteiger partial charge in [0.15, 0.2) is 6.10 Å². The van der Waals surface area contributed by atoms with Gasteiger partial charge in [-0.2, -0.15) is 5.26 Å². The highest BCUT2D eigenvalue weighted by Crippen LogP contribution is 2.26. The summed E-state index contributed by atoms with van der Waals surface area (Å²) in [6.45, 7) is 6.35. The Balaban J connectivity index is 2.39. The molecule has 102 valence electrons. The van der Waals surface area contributed by atoms with E-state index < -0.39 is 6.10 Å². The molecule has 5 nitrogen and oxygen atoms in total. The molecule has 0 aromatic carbocycles. The van der Waals surface area contributed by atoms with E-state index in [1.165, 1.54) is 0 Å². The summed E-state index contributed by atoms with van der Waals surface area (Å²) in [5, 5.41) is 8.79. The van der Waals surface area contributed by atoms with Crippen LogP contribution < -0.4 is 5.73 Å². The van der Waals surface area contributed by atoms with Crippen LogP contribution in [0.5, 0.6) is 0 Å². The predicted molar refractivity (Wildman–Crippen MR) is 68.6 cm³/mol. The van der Waals surface area contributed by atoms with Crippen LogP contribution in [-0.2, 0) is 9.53 Å². The third-order valence-electron chi connectivity index (χ3n) is 3.40. The summed E-state index contributed by atoms with van der Waals surface area (Å²) < 4.78 is 5.22. The summed E-state index contributed by atoms with van der Waals surface area (Å²) in [4.78, 5) is 13.8. The predicted octanol–water partition coefficient (Wildman–Crippen LogP) is 0.893. The molecule has 2 N–H and O–H groups in total. The smallest absolute Gasteiger partial charge is 0.222 e. The van der Waals surface area contributed by atoms with Gasteiger partial charge in [-0.3, -0.25) is 4.79 Å². The van der Waals surface area contributed by atoms with Crippen molar-refractivity contribution < 1.29 is 9.53 Å². The molecule has 1 amide bonds. The quantitative estimate of drug-likeness (QED) is 0.789. The number of hydrogen-bond acceptors (Lipinski definition) is 4. The first-order valence-corrected chi connectivity index (χ1v) is 6.47. The third-order valence-corrected chi connectivity index (χ3v) is 3.40. The molecule has 1 atom stereocenters. The van der Waals surface area contributed by atoms with Gasteiger partial charge in [-0.25, -0.2) is 0 Å². The molecule has 0 aromatic rings. The van der Waals surface area contributed by atoms with Gasteiger partial charge in [0, 0.05) is 13.0 Å². The molecule has 1 rings (SSSR count). The Morgan fingerprint density at radius 1 is 1.56 bits per heavy atom. The lowest BCUT2D eigenvalue weighted by molar-refractivity contribution is -0.137. The number of carbonyl (C=O) groups is 1. The lowest BCUT2D eigenvalue weighted by Crippen LogP contribution is -2.45. The molecule has 1 saturated heterocycles. The van der Waals surface area contributed by atoms with Crippen molar-refractivity contribution in [2.75, 3.05) is 26.2 Å². The number of ether oxygens (including phenoxy) is 1. The molecule has 1 unspecified atom stereocenters. The minimum atomic E-state index is -0.472. The molecule has 1 heterocycles. The van der Waals surface area contributed by atoms with Gasteiger partial charge < -0.3 is 15.4 Å². The van der Waals surface area contributed by atoms with E-state index in [-0.39, 0.29) is 11.3 Å². The van der Waals surface area contributed by atoms with Crippen LogP contribution in [-0.4, -0.2) is 43.2 Å². The van der Waals surface area contributed by atoms with E-state index in [0.717, 1.165) is 12.8 Å². The Kier molecular flexibility index (Phi) is 5.57. The minimum Gasteiger partial charge on any atom is -0.360 e. The third kappa shape index (κ3) is 4.63. The van der Waals surface area contributed by atoms with Crippen molar-refractivity contribution in [2.24, 2.45) is 11.1 Å². The number of carbonyl (C=O) groups excluding carboxylic acids is 1. The van der Waals surface area contributed by atoms with E-state index in [1.54, 1.807) is 4.90 Å². The number of rotatable bonds is 5. The van der Waals surface area contributed by atoms with Crippen molar-refractivity contribution in [3.8, 4) is 6.07 Å². The number of nitriles is 1. The van der Waals surface area contributed by atoms with Crippen LogP contribution in [0.15, 0.2) is 0 Å². The molecule has 1 aliphatic heterocycles. The van der Waals surface area contributed by atoms with Crippen LogP contribution in [0.3, 0.4) is 0 Å². The molecule has 0 aliphatic carbocycles. The first-order chi connectivity index (χ1) is 8.48. The average Bonchev–Trinajstić information content (AvgIpc) is 2.36. The normalized spacial score (nSPS) is 20.6. The maximum absolute atomic E-state index is 12.0. The second-order valence-electron chi connectivity index (χ2n) is 5.53. The van der Waals surface area contributed by atoms with Crippen molar-refractivity contribution >= 4 is 5.91 Å². The zero-order valence-electron chi connectivity index (χ0n) is 11.3. The van der Waals surface area contributed by atoms with E-state index in [2.05, 4.69) is 13.8 Å². The molecule has 18 heavy (non-hydrogen) atoms. The Morgan fingerprint density at radius 2 is 2.28 bits per heavy atom. The second-order valence-corrected chi connectivity index (χ2v) is 5.53. The van der Waals surface area contributed by atoms with Crippen molar-refractivity contribution in [3.05, 3.63) is 0 Å². The number of hydrogen-bond donors (Lipinski definition) is 1. The summed E-state index contributed by atoms with van der Waals surface area (Å²) in [6, 6.07) is 2.05. The van der Waals surface area contributed by atoms with Crippen molar-refractivity contribution in [2.45, 2.75) is 39.2 Å². The molecular formula is C13H23N3O2. The van der Waals surface area contributed by atoms with Crippen molar-refractivity contribution in [1.82, 2.24) is 4.90 Å². The summed E-state index contributed by atoms with van der Waals surface area (Å²) in [6.07, 6.45) is 1.80. The maximum Gasteiger partial charge on any atom is 0.222 e. The molecule has 0 spiro atoms. The van der Waals surface area contributed by atoms with Crippen molar-refractivity contribution in [1.29, 1.82) is 5.26 Å². The molecule has 1 aliphatic rings. The summed E-state index contributed by atoms with van der Waals surface area (Å²) in [5.41, 5.74) is 5.65. The summed E-state index contributed by atoms with van der Waals surface area (Å²) in [5.74, 6) is 0.114. The second kappa shape index (κ2) is 6.72. The lowest BCUT2D eigenvalue weighted by atomic mass is 9.84. The topological polar surface area (TPSA) is 79.3 Å². The van der Waals surface area contributed by atoms with Crippen LogP contribution in [0.25, 0.3) is 0 Å². The van der Waals surface area contributed by atoms with Crippen LogP contribution >= 0.6 is 0 Å². The molecule has 0 bridgehead atoms. The number of amides is 1. The SMILES string of the molecule is CC(C)(CCN)CCC(=O)N1CCOC(C#N)C1. The van der Waals surface area contributed by atoms with E-state index in [1.807, 2.05) is 6.07 Å². The van der Waals surface area contributed by atoms with Gasteiger partial charge in [0.2, 0.25) is 5.91 Å². The molecule has 0 aromatic heterocycles. The molecular weight excluding hydrogens is 230 g/mol. The van der Waals surface area contributed by atoms with Crippen LogP contribution in [0, 0.1) is 16.7 Å².